The van der Waals surface area contributed by atoms with Gasteiger partial charge >= 0.3 is 11.8 Å². The van der Waals surface area contributed by atoms with Crippen LogP contribution in [0.25, 0.3) is 10.9 Å². The molecule has 3 aromatic carbocycles. The Hall–Kier alpha value is -3.52. The number of rotatable bonds is 4. The van der Waals surface area contributed by atoms with Crippen LogP contribution in [-0.2, 0) is 9.59 Å². The number of hydrogen-bond acceptors (Lipinski definition) is 3. The minimum absolute atomic E-state index is 0.0575. The first-order valence-corrected chi connectivity index (χ1v) is 11.9. The highest BCUT2D eigenvalue weighted by atomic mass is 35.5. The molecule has 0 aliphatic carbocycles. The van der Waals surface area contributed by atoms with Crippen molar-refractivity contribution in [2.24, 2.45) is 0 Å². The standard InChI is InChI=1S/C26H21Cl3N4O3/c1-13-8-14(2)23(15(3)9-13)31-25(35)26(36)32-33-21-7-5-17(27)10-16(21)11-22(33)24(34)30-20-6-4-18(28)12-19(20)29/h4-12H,1-3H3,(H,30,34)(H,31,35)(H,32,36). The van der Waals surface area contributed by atoms with Crippen molar-refractivity contribution in [2.75, 3.05) is 16.1 Å². The van der Waals surface area contributed by atoms with Crippen LogP contribution in [0.4, 0.5) is 11.4 Å². The van der Waals surface area contributed by atoms with E-state index in [0.29, 0.717) is 32.3 Å². The van der Waals surface area contributed by atoms with Gasteiger partial charge in [0.05, 0.1) is 16.2 Å². The summed E-state index contributed by atoms with van der Waals surface area (Å²) in [6.45, 7) is 5.65. The molecule has 36 heavy (non-hydrogen) atoms. The van der Waals surface area contributed by atoms with Gasteiger partial charge in [0.25, 0.3) is 5.91 Å². The Morgan fingerprint density at radius 1 is 0.750 bits per heavy atom. The average Bonchev–Trinajstić information content (AvgIpc) is 3.15. The quantitative estimate of drug-likeness (QED) is 0.257. The smallest absolute Gasteiger partial charge is 0.319 e. The van der Waals surface area contributed by atoms with Crippen LogP contribution in [0.1, 0.15) is 27.2 Å². The lowest BCUT2D eigenvalue weighted by Crippen LogP contribution is -2.36. The van der Waals surface area contributed by atoms with Gasteiger partial charge in [-0.1, -0.05) is 52.5 Å². The molecular formula is C26H21Cl3N4O3. The summed E-state index contributed by atoms with van der Waals surface area (Å²) >= 11 is 18.3. The van der Waals surface area contributed by atoms with Gasteiger partial charge in [-0.05, 0) is 74.4 Å². The number of aromatic nitrogens is 1. The minimum atomic E-state index is -0.958. The highest BCUT2D eigenvalue weighted by Crippen LogP contribution is 2.28. The maximum atomic E-state index is 13.2. The topological polar surface area (TPSA) is 92.2 Å². The van der Waals surface area contributed by atoms with E-state index in [2.05, 4.69) is 16.1 Å². The summed E-state index contributed by atoms with van der Waals surface area (Å²) in [4.78, 5) is 38.9. The maximum Gasteiger partial charge on any atom is 0.328 e. The van der Waals surface area contributed by atoms with E-state index in [4.69, 9.17) is 34.8 Å². The van der Waals surface area contributed by atoms with E-state index in [1.807, 2.05) is 32.9 Å². The molecule has 10 heteroatoms. The van der Waals surface area contributed by atoms with Gasteiger partial charge in [0.1, 0.15) is 5.69 Å². The van der Waals surface area contributed by atoms with Gasteiger partial charge in [-0.15, -0.1) is 0 Å². The second kappa shape index (κ2) is 10.2. The summed E-state index contributed by atoms with van der Waals surface area (Å²) in [5.74, 6) is -2.41. The van der Waals surface area contributed by atoms with E-state index in [9.17, 15) is 14.4 Å². The number of fused-ring (bicyclic) bond motifs is 1. The number of nitrogens with one attached hydrogen (secondary N) is 3. The Bertz CT molecular complexity index is 1520. The number of benzene rings is 3. The largest absolute Gasteiger partial charge is 0.328 e. The van der Waals surface area contributed by atoms with Gasteiger partial charge in [0.15, 0.2) is 0 Å². The molecule has 0 unspecified atom stereocenters. The molecule has 0 fully saturated rings. The first-order chi connectivity index (χ1) is 17.0. The Kier molecular flexibility index (Phi) is 7.26. The van der Waals surface area contributed by atoms with E-state index in [-0.39, 0.29) is 10.7 Å². The zero-order chi connectivity index (χ0) is 26.1. The van der Waals surface area contributed by atoms with Gasteiger partial charge in [0.2, 0.25) is 0 Å². The third kappa shape index (κ3) is 5.33. The Morgan fingerprint density at radius 2 is 1.39 bits per heavy atom. The summed E-state index contributed by atoms with van der Waals surface area (Å²) < 4.78 is 1.24. The molecule has 0 spiro atoms. The molecule has 7 nitrogen and oxygen atoms in total. The average molecular weight is 544 g/mol. The van der Waals surface area contributed by atoms with Crippen LogP contribution in [-0.4, -0.2) is 22.4 Å². The van der Waals surface area contributed by atoms with E-state index in [0.717, 1.165) is 16.7 Å². The molecule has 0 bridgehead atoms. The number of hydrogen-bond donors (Lipinski definition) is 3. The predicted molar refractivity (Wildman–Crippen MR) is 145 cm³/mol. The lowest BCUT2D eigenvalue weighted by molar-refractivity contribution is -0.133. The molecule has 1 heterocycles. The molecule has 0 aliphatic rings. The summed E-state index contributed by atoms with van der Waals surface area (Å²) in [6.07, 6.45) is 0. The van der Waals surface area contributed by atoms with Crippen LogP contribution in [0.3, 0.4) is 0 Å². The Labute approximate surface area is 222 Å². The van der Waals surface area contributed by atoms with Crippen LogP contribution in [0.2, 0.25) is 15.1 Å². The lowest BCUT2D eigenvalue weighted by atomic mass is 10.1. The molecule has 3 N–H and O–H groups in total. The molecule has 0 saturated heterocycles. The summed E-state index contributed by atoms with van der Waals surface area (Å²) in [5.41, 5.74) is 6.63. The van der Waals surface area contributed by atoms with Crippen LogP contribution < -0.4 is 16.1 Å². The van der Waals surface area contributed by atoms with Gasteiger partial charge < -0.3 is 10.6 Å². The molecule has 3 amide bonds. The molecular weight excluding hydrogens is 523 g/mol. The zero-order valence-corrected chi connectivity index (χ0v) is 21.8. The normalized spacial score (nSPS) is 10.8. The summed E-state index contributed by atoms with van der Waals surface area (Å²) in [5, 5.41) is 7.05. The fraction of sp³-hybridized carbons (Fsp3) is 0.115. The zero-order valence-electron chi connectivity index (χ0n) is 19.5. The minimum Gasteiger partial charge on any atom is -0.319 e. The lowest BCUT2D eigenvalue weighted by Gasteiger charge is -2.15. The number of nitrogens with zero attached hydrogens (tertiary/aromatic N) is 1. The second-order valence-electron chi connectivity index (χ2n) is 8.32. The highest BCUT2D eigenvalue weighted by molar-refractivity contribution is 6.43. The van der Waals surface area contributed by atoms with Crippen molar-refractivity contribution < 1.29 is 14.4 Å². The molecule has 0 atom stereocenters. The van der Waals surface area contributed by atoms with Crippen LogP contribution in [0, 0.1) is 20.8 Å². The molecule has 4 rings (SSSR count). The molecule has 0 radical (unpaired) electrons. The highest BCUT2D eigenvalue weighted by Gasteiger charge is 2.22. The fourth-order valence-corrected chi connectivity index (χ4v) is 4.59. The Balaban J connectivity index is 1.65. The van der Waals surface area contributed by atoms with E-state index in [1.165, 1.54) is 10.7 Å². The Morgan fingerprint density at radius 3 is 2.06 bits per heavy atom. The molecule has 184 valence electrons. The van der Waals surface area contributed by atoms with Crippen molar-refractivity contribution in [3.63, 3.8) is 0 Å². The first-order valence-electron chi connectivity index (χ1n) is 10.8. The maximum absolute atomic E-state index is 13.2. The van der Waals surface area contributed by atoms with E-state index in [1.54, 1.807) is 36.4 Å². The van der Waals surface area contributed by atoms with E-state index < -0.39 is 17.7 Å². The van der Waals surface area contributed by atoms with Gasteiger partial charge in [0, 0.05) is 21.1 Å². The number of aryl methyl sites for hydroxylation is 3. The number of amides is 3. The number of carbonyl (C=O) groups is 3. The van der Waals surface area contributed by atoms with Crippen LogP contribution >= 0.6 is 34.8 Å². The van der Waals surface area contributed by atoms with Crippen molar-refractivity contribution in [2.45, 2.75) is 20.8 Å². The van der Waals surface area contributed by atoms with Gasteiger partial charge in [-0.2, -0.15) is 0 Å². The van der Waals surface area contributed by atoms with Crippen molar-refractivity contribution in [3.8, 4) is 0 Å². The molecule has 0 saturated carbocycles. The molecule has 4 aromatic rings. The van der Waals surface area contributed by atoms with Crippen molar-refractivity contribution in [1.29, 1.82) is 0 Å². The number of halogens is 3. The van der Waals surface area contributed by atoms with Gasteiger partial charge in [-0.25, -0.2) is 4.68 Å². The van der Waals surface area contributed by atoms with Crippen LogP contribution in [0.15, 0.2) is 54.6 Å². The molecule has 1 aromatic heterocycles. The van der Waals surface area contributed by atoms with Crippen molar-refractivity contribution in [3.05, 3.63) is 92.0 Å². The fourth-order valence-electron chi connectivity index (χ4n) is 3.95. The summed E-state index contributed by atoms with van der Waals surface area (Å²) in [7, 11) is 0. The van der Waals surface area contributed by atoms with E-state index >= 15 is 0 Å². The third-order valence-electron chi connectivity index (χ3n) is 5.51. The van der Waals surface area contributed by atoms with Crippen molar-refractivity contribution in [1.82, 2.24) is 4.68 Å². The first kappa shape index (κ1) is 25.6. The second-order valence-corrected chi connectivity index (χ2v) is 9.60. The molecule has 0 aliphatic heterocycles. The van der Waals surface area contributed by atoms with Gasteiger partial charge in [-0.3, -0.25) is 19.8 Å². The van der Waals surface area contributed by atoms with Crippen molar-refractivity contribution >= 4 is 74.8 Å². The summed E-state index contributed by atoms with van der Waals surface area (Å²) in [6, 6.07) is 14.9. The van der Waals surface area contributed by atoms with Crippen LogP contribution in [0.5, 0.6) is 0 Å². The number of anilines is 2. The number of carbonyl (C=O) groups excluding carboxylic acids is 3. The monoisotopic (exact) mass is 542 g/mol. The third-order valence-corrected chi connectivity index (χ3v) is 6.29. The predicted octanol–water partition coefficient (Wildman–Crippen LogP) is 6.49. The SMILES string of the molecule is Cc1cc(C)c(NC(=O)C(=O)Nn2c(C(=O)Nc3ccc(Cl)cc3Cl)cc3cc(Cl)ccc32)c(C)c1.